The number of rotatable bonds is 7. The van der Waals surface area contributed by atoms with E-state index in [-0.39, 0.29) is 11.8 Å². The first-order chi connectivity index (χ1) is 14.2. The molecule has 0 saturated carbocycles. The third kappa shape index (κ3) is 3.71. The Morgan fingerprint density at radius 2 is 1.72 bits per heavy atom. The van der Waals surface area contributed by atoms with Crippen molar-refractivity contribution >= 4 is 34.4 Å². The number of anilines is 1. The van der Waals surface area contributed by atoms with Crippen molar-refractivity contribution in [2.45, 2.75) is 13.3 Å². The number of thiophene rings is 1. The van der Waals surface area contributed by atoms with E-state index in [4.69, 9.17) is 0 Å². The highest BCUT2D eigenvalue weighted by atomic mass is 32.1. The summed E-state index contributed by atoms with van der Waals surface area (Å²) in [5.74, 6) is -0.526. The van der Waals surface area contributed by atoms with Crippen LogP contribution in [0.1, 0.15) is 17.4 Å². The summed E-state index contributed by atoms with van der Waals surface area (Å²) in [5, 5.41) is 1.93. The zero-order valence-electron chi connectivity index (χ0n) is 16.1. The van der Waals surface area contributed by atoms with Crippen LogP contribution >= 0.6 is 11.3 Å². The minimum atomic E-state index is -0.263. The molecule has 2 aromatic heterocycles. The number of pyridine rings is 1. The highest BCUT2D eigenvalue weighted by Crippen LogP contribution is 2.36. The monoisotopic (exact) mass is 403 g/mol. The van der Waals surface area contributed by atoms with Crippen molar-refractivity contribution in [2.24, 2.45) is 0 Å². The van der Waals surface area contributed by atoms with E-state index in [9.17, 15) is 9.59 Å². The van der Waals surface area contributed by atoms with Crippen molar-refractivity contribution in [1.82, 2.24) is 9.88 Å². The second-order valence-corrected chi connectivity index (χ2v) is 7.61. The highest BCUT2D eigenvalue weighted by Gasteiger charge is 2.42. The standard InChI is InChI=1S/C23H21N3O2S/c1-2-25(15-12-17-10-13-24-14-11-17)21-20(19-9-6-16-29-19)22(27)26(23(21)28)18-7-4-3-5-8-18/h3-11,13-14,16H,2,12,15H2,1H3. The van der Waals surface area contributed by atoms with Crippen LogP contribution in [0.25, 0.3) is 5.57 Å². The summed E-state index contributed by atoms with van der Waals surface area (Å²) in [6, 6.07) is 16.9. The SMILES string of the molecule is CCN(CCc1ccncc1)C1=C(c2cccs2)C(=O)N(c2ccccc2)C1=O. The molecule has 0 spiro atoms. The highest BCUT2D eigenvalue weighted by molar-refractivity contribution is 7.11. The van der Waals surface area contributed by atoms with Crippen LogP contribution in [0.3, 0.4) is 0 Å². The molecule has 0 bridgehead atoms. The third-order valence-corrected chi connectivity index (χ3v) is 5.85. The molecule has 0 unspecified atom stereocenters. The topological polar surface area (TPSA) is 53.5 Å². The molecule has 4 rings (SSSR count). The van der Waals surface area contributed by atoms with Gasteiger partial charge in [0.2, 0.25) is 0 Å². The number of hydrogen-bond acceptors (Lipinski definition) is 5. The first-order valence-electron chi connectivity index (χ1n) is 9.56. The van der Waals surface area contributed by atoms with E-state index in [2.05, 4.69) is 4.98 Å². The predicted molar refractivity (Wildman–Crippen MR) is 115 cm³/mol. The summed E-state index contributed by atoms with van der Waals surface area (Å²) in [5.41, 5.74) is 2.72. The maximum atomic E-state index is 13.4. The molecule has 2 amide bonds. The number of hydrogen-bond donors (Lipinski definition) is 0. The van der Waals surface area contributed by atoms with Crippen LogP contribution in [0, 0.1) is 0 Å². The van der Waals surface area contributed by atoms with E-state index in [0.29, 0.717) is 30.0 Å². The maximum Gasteiger partial charge on any atom is 0.282 e. The Morgan fingerprint density at radius 3 is 2.38 bits per heavy atom. The minimum absolute atomic E-state index is 0.263. The zero-order valence-corrected chi connectivity index (χ0v) is 16.9. The van der Waals surface area contributed by atoms with Crippen LogP contribution in [-0.2, 0) is 16.0 Å². The molecule has 5 nitrogen and oxygen atoms in total. The summed E-state index contributed by atoms with van der Waals surface area (Å²) >= 11 is 1.48. The van der Waals surface area contributed by atoms with Crippen molar-refractivity contribution in [2.75, 3.05) is 18.0 Å². The van der Waals surface area contributed by atoms with E-state index in [0.717, 1.165) is 16.9 Å². The van der Waals surface area contributed by atoms with Crippen LogP contribution in [0.4, 0.5) is 5.69 Å². The van der Waals surface area contributed by atoms with Gasteiger partial charge in [-0.1, -0.05) is 24.3 Å². The molecule has 0 fully saturated rings. The number of aromatic nitrogens is 1. The lowest BCUT2D eigenvalue weighted by Crippen LogP contribution is -2.36. The van der Waals surface area contributed by atoms with Gasteiger partial charge in [-0.25, -0.2) is 4.90 Å². The fraction of sp³-hybridized carbons (Fsp3) is 0.174. The van der Waals surface area contributed by atoms with Gasteiger partial charge in [0.05, 0.1) is 11.3 Å². The Hall–Kier alpha value is -3.25. The molecule has 1 aliphatic heterocycles. The van der Waals surface area contributed by atoms with Crippen molar-refractivity contribution < 1.29 is 9.59 Å². The predicted octanol–water partition coefficient (Wildman–Crippen LogP) is 3.99. The largest absolute Gasteiger partial charge is 0.366 e. The Morgan fingerprint density at radius 1 is 0.966 bits per heavy atom. The smallest absolute Gasteiger partial charge is 0.282 e. The molecular weight excluding hydrogens is 382 g/mol. The quantitative estimate of drug-likeness (QED) is 0.560. The Kier molecular flexibility index (Phi) is 5.53. The zero-order chi connectivity index (χ0) is 20.2. The van der Waals surface area contributed by atoms with E-state index >= 15 is 0 Å². The Balaban J connectivity index is 1.71. The van der Waals surface area contributed by atoms with Gasteiger partial charge in [0, 0.05) is 30.4 Å². The van der Waals surface area contributed by atoms with Gasteiger partial charge < -0.3 is 4.90 Å². The van der Waals surface area contributed by atoms with Crippen LogP contribution in [0.15, 0.2) is 78.1 Å². The van der Waals surface area contributed by atoms with E-state index < -0.39 is 0 Å². The normalized spacial score (nSPS) is 14.0. The van der Waals surface area contributed by atoms with Gasteiger partial charge in [-0.2, -0.15) is 0 Å². The van der Waals surface area contributed by atoms with Crippen LogP contribution < -0.4 is 4.90 Å². The van der Waals surface area contributed by atoms with Crippen LogP contribution in [0.2, 0.25) is 0 Å². The Bertz CT molecular complexity index is 1030. The van der Waals surface area contributed by atoms with Gasteiger partial charge in [-0.05, 0) is 54.6 Å². The first kappa shape index (κ1) is 19.1. The summed E-state index contributed by atoms with van der Waals surface area (Å²) < 4.78 is 0. The number of likely N-dealkylation sites (N-methyl/N-ethyl adjacent to an activating group) is 1. The van der Waals surface area contributed by atoms with E-state index in [1.165, 1.54) is 16.2 Å². The fourth-order valence-corrected chi connectivity index (χ4v) is 4.27. The van der Waals surface area contributed by atoms with Gasteiger partial charge >= 0.3 is 0 Å². The van der Waals surface area contributed by atoms with E-state index in [1.54, 1.807) is 24.5 Å². The van der Waals surface area contributed by atoms with Gasteiger partial charge in [0.25, 0.3) is 11.8 Å². The number of imide groups is 1. The molecule has 0 N–H and O–H groups in total. The lowest BCUT2D eigenvalue weighted by molar-refractivity contribution is -0.120. The van der Waals surface area contributed by atoms with Crippen molar-refractivity contribution in [3.05, 3.63) is 88.5 Å². The molecule has 3 aromatic rings. The number of carbonyl (C=O) groups is 2. The molecule has 0 radical (unpaired) electrons. The molecule has 29 heavy (non-hydrogen) atoms. The minimum Gasteiger partial charge on any atom is -0.366 e. The molecule has 6 heteroatoms. The Labute approximate surface area is 173 Å². The fourth-order valence-electron chi connectivity index (χ4n) is 3.51. The average molecular weight is 404 g/mol. The number of amides is 2. The maximum absolute atomic E-state index is 13.4. The average Bonchev–Trinajstić information content (AvgIpc) is 3.37. The molecule has 0 aliphatic carbocycles. The summed E-state index contributed by atoms with van der Waals surface area (Å²) in [6.07, 6.45) is 4.30. The van der Waals surface area contributed by atoms with Gasteiger partial charge in [0.15, 0.2) is 0 Å². The molecule has 0 atom stereocenters. The van der Waals surface area contributed by atoms with Crippen molar-refractivity contribution in [3.63, 3.8) is 0 Å². The molecule has 3 heterocycles. The third-order valence-electron chi connectivity index (χ3n) is 4.96. The van der Waals surface area contributed by atoms with Gasteiger partial charge in [-0.15, -0.1) is 11.3 Å². The lowest BCUT2D eigenvalue weighted by Gasteiger charge is -2.24. The molecule has 1 aliphatic rings. The van der Waals surface area contributed by atoms with Gasteiger partial charge in [0.1, 0.15) is 5.70 Å². The first-order valence-corrected chi connectivity index (χ1v) is 10.4. The summed E-state index contributed by atoms with van der Waals surface area (Å²) in [6.45, 7) is 3.29. The number of para-hydroxylation sites is 1. The molecular formula is C23H21N3O2S. The summed E-state index contributed by atoms with van der Waals surface area (Å²) in [7, 11) is 0. The number of benzene rings is 1. The number of nitrogens with zero attached hydrogens (tertiary/aromatic N) is 3. The molecule has 0 saturated heterocycles. The second kappa shape index (κ2) is 8.41. The van der Waals surface area contributed by atoms with Crippen LogP contribution in [0.5, 0.6) is 0 Å². The van der Waals surface area contributed by atoms with E-state index in [1.807, 2.05) is 59.7 Å². The molecule has 146 valence electrons. The van der Waals surface area contributed by atoms with Gasteiger partial charge in [-0.3, -0.25) is 14.6 Å². The second-order valence-electron chi connectivity index (χ2n) is 6.67. The number of carbonyl (C=O) groups excluding carboxylic acids is 2. The van der Waals surface area contributed by atoms with Crippen molar-refractivity contribution in [3.8, 4) is 0 Å². The lowest BCUT2D eigenvalue weighted by atomic mass is 10.1. The van der Waals surface area contributed by atoms with Crippen LogP contribution in [-0.4, -0.2) is 34.8 Å². The molecule has 1 aromatic carbocycles. The summed E-state index contributed by atoms with van der Waals surface area (Å²) in [4.78, 5) is 34.9. The van der Waals surface area contributed by atoms with Crippen molar-refractivity contribution in [1.29, 1.82) is 0 Å².